The van der Waals surface area contributed by atoms with Crippen molar-refractivity contribution in [3.05, 3.63) is 18.0 Å². The molecule has 4 aliphatic rings. The Morgan fingerprint density at radius 3 is 2.28 bits per heavy atom. The summed E-state index contributed by atoms with van der Waals surface area (Å²) in [4.78, 5) is 0. The van der Waals surface area contributed by atoms with E-state index in [2.05, 4.69) is 16.0 Å². The van der Waals surface area contributed by atoms with Crippen molar-refractivity contribution in [2.75, 3.05) is 0 Å². The summed E-state index contributed by atoms with van der Waals surface area (Å²) in [5.74, 6) is 3.85. The van der Waals surface area contributed by atoms with E-state index < -0.39 is 0 Å². The van der Waals surface area contributed by atoms with Gasteiger partial charge in [0.1, 0.15) is 0 Å². The van der Waals surface area contributed by atoms with E-state index in [9.17, 15) is 0 Å². The van der Waals surface area contributed by atoms with Gasteiger partial charge in [-0.25, -0.2) is 0 Å². The van der Waals surface area contributed by atoms with Crippen molar-refractivity contribution >= 4 is 0 Å². The van der Waals surface area contributed by atoms with Crippen LogP contribution in [0.4, 0.5) is 0 Å². The second-order valence-electron chi connectivity index (χ2n) is 6.96. The van der Waals surface area contributed by atoms with E-state index in [1.807, 2.05) is 13.1 Å². The van der Waals surface area contributed by atoms with Gasteiger partial charge in [-0.3, -0.25) is 4.68 Å². The molecule has 1 heterocycles. The molecule has 4 aliphatic carbocycles. The van der Waals surface area contributed by atoms with E-state index in [1.54, 1.807) is 0 Å². The zero-order valence-electron chi connectivity index (χ0n) is 11.1. The zero-order valence-corrected chi connectivity index (χ0v) is 11.1. The molecule has 4 fully saturated rings. The number of rotatable bonds is 2. The highest BCUT2D eigenvalue weighted by Gasteiger charge is 2.49. The predicted octanol–water partition coefficient (Wildman–Crippen LogP) is 2.90. The third kappa shape index (κ3) is 1.56. The second kappa shape index (κ2) is 3.83. The standard InChI is InChI=1S/C15H23N3/c1-9(16)14-7-17-18(8-14)15-12-3-10-2-11(5-12)6-13(15)4-10/h7-13,15H,2-6,16H2,1H3. The first-order chi connectivity index (χ1) is 8.70. The van der Waals surface area contributed by atoms with Gasteiger partial charge in [0.25, 0.3) is 0 Å². The summed E-state index contributed by atoms with van der Waals surface area (Å²) in [6.45, 7) is 2.04. The highest BCUT2D eigenvalue weighted by Crippen LogP contribution is 2.58. The maximum atomic E-state index is 5.95. The Kier molecular flexibility index (Phi) is 2.35. The van der Waals surface area contributed by atoms with Crippen LogP contribution in [0.2, 0.25) is 0 Å². The van der Waals surface area contributed by atoms with Crippen LogP contribution in [0.1, 0.15) is 56.7 Å². The smallest absolute Gasteiger partial charge is 0.0576 e. The zero-order chi connectivity index (χ0) is 12.3. The molecule has 1 unspecified atom stereocenters. The predicted molar refractivity (Wildman–Crippen MR) is 70.9 cm³/mol. The van der Waals surface area contributed by atoms with Crippen LogP contribution in [0.3, 0.4) is 0 Å². The maximum absolute atomic E-state index is 5.95. The number of nitrogens with zero attached hydrogens (tertiary/aromatic N) is 2. The Bertz CT molecular complexity index is 420. The molecular weight excluding hydrogens is 222 g/mol. The van der Waals surface area contributed by atoms with Gasteiger partial charge in [0.15, 0.2) is 0 Å². The molecule has 3 heteroatoms. The molecule has 0 aromatic carbocycles. The minimum atomic E-state index is 0.107. The highest BCUT2D eigenvalue weighted by molar-refractivity contribution is 5.10. The van der Waals surface area contributed by atoms with Crippen LogP contribution in [0.5, 0.6) is 0 Å². The van der Waals surface area contributed by atoms with Crippen LogP contribution < -0.4 is 5.73 Å². The molecule has 1 aromatic rings. The lowest BCUT2D eigenvalue weighted by molar-refractivity contribution is -0.0336. The van der Waals surface area contributed by atoms with Gasteiger partial charge in [-0.05, 0) is 62.7 Å². The summed E-state index contributed by atoms with van der Waals surface area (Å²) in [5, 5.41) is 4.62. The molecule has 0 saturated heterocycles. The molecule has 0 amide bonds. The number of nitrogens with two attached hydrogens (primary N) is 1. The lowest BCUT2D eigenvalue weighted by Gasteiger charge is -2.54. The molecule has 1 atom stereocenters. The Labute approximate surface area is 109 Å². The second-order valence-corrected chi connectivity index (χ2v) is 6.96. The first kappa shape index (κ1) is 11.0. The summed E-state index contributed by atoms with van der Waals surface area (Å²) in [6.07, 6.45) is 11.5. The largest absolute Gasteiger partial charge is 0.324 e. The molecule has 2 N–H and O–H groups in total. The van der Waals surface area contributed by atoms with Crippen molar-refractivity contribution in [2.24, 2.45) is 29.4 Å². The van der Waals surface area contributed by atoms with Crippen molar-refractivity contribution in [1.29, 1.82) is 0 Å². The van der Waals surface area contributed by atoms with Crippen LogP contribution >= 0.6 is 0 Å². The quantitative estimate of drug-likeness (QED) is 0.870. The lowest BCUT2D eigenvalue weighted by Crippen LogP contribution is -2.46. The first-order valence-corrected chi connectivity index (χ1v) is 7.50. The fraction of sp³-hybridized carbons (Fsp3) is 0.800. The van der Waals surface area contributed by atoms with Crippen molar-refractivity contribution in [1.82, 2.24) is 9.78 Å². The van der Waals surface area contributed by atoms with E-state index in [1.165, 1.54) is 37.7 Å². The summed E-state index contributed by atoms with van der Waals surface area (Å²) < 4.78 is 2.26. The Morgan fingerprint density at radius 1 is 1.17 bits per heavy atom. The molecule has 5 rings (SSSR count). The first-order valence-electron chi connectivity index (χ1n) is 7.50. The van der Waals surface area contributed by atoms with Crippen LogP contribution in [0, 0.1) is 23.7 Å². The molecule has 4 bridgehead atoms. The molecule has 3 nitrogen and oxygen atoms in total. The number of aromatic nitrogens is 2. The molecule has 0 spiro atoms. The highest BCUT2D eigenvalue weighted by atomic mass is 15.3. The van der Waals surface area contributed by atoms with Gasteiger partial charge < -0.3 is 5.73 Å². The van der Waals surface area contributed by atoms with Gasteiger partial charge in [0.05, 0.1) is 12.2 Å². The topological polar surface area (TPSA) is 43.8 Å². The minimum Gasteiger partial charge on any atom is -0.324 e. The monoisotopic (exact) mass is 245 g/mol. The average Bonchev–Trinajstić information content (AvgIpc) is 2.77. The normalized spacial score (nSPS) is 43.3. The van der Waals surface area contributed by atoms with E-state index in [4.69, 9.17) is 5.73 Å². The van der Waals surface area contributed by atoms with Gasteiger partial charge >= 0.3 is 0 Å². The van der Waals surface area contributed by atoms with E-state index in [0.717, 1.165) is 23.7 Å². The SMILES string of the molecule is CC(N)c1cnn(C2C3CC4CC(C3)CC2C4)c1. The lowest BCUT2D eigenvalue weighted by atomic mass is 9.54. The third-order valence-corrected chi connectivity index (χ3v) is 5.63. The van der Waals surface area contributed by atoms with Crippen molar-refractivity contribution in [3.8, 4) is 0 Å². The third-order valence-electron chi connectivity index (χ3n) is 5.63. The number of hydrogen-bond acceptors (Lipinski definition) is 2. The molecular formula is C15H23N3. The Hall–Kier alpha value is -0.830. The number of hydrogen-bond donors (Lipinski definition) is 1. The van der Waals surface area contributed by atoms with Gasteiger partial charge in [0, 0.05) is 17.8 Å². The average molecular weight is 245 g/mol. The summed E-state index contributed by atoms with van der Waals surface area (Å²) in [5.41, 5.74) is 7.13. The van der Waals surface area contributed by atoms with Crippen LogP contribution in [0.25, 0.3) is 0 Å². The fourth-order valence-corrected chi connectivity index (χ4v) is 5.08. The molecule has 98 valence electrons. The van der Waals surface area contributed by atoms with E-state index >= 15 is 0 Å². The van der Waals surface area contributed by atoms with Gasteiger partial charge in [0.2, 0.25) is 0 Å². The molecule has 0 radical (unpaired) electrons. The van der Waals surface area contributed by atoms with Gasteiger partial charge in [-0.15, -0.1) is 0 Å². The molecule has 4 saturated carbocycles. The summed E-state index contributed by atoms with van der Waals surface area (Å²) >= 11 is 0. The Balaban J connectivity index is 1.64. The molecule has 1 aromatic heterocycles. The van der Waals surface area contributed by atoms with Crippen LogP contribution in [-0.4, -0.2) is 9.78 Å². The van der Waals surface area contributed by atoms with Crippen molar-refractivity contribution < 1.29 is 0 Å². The van der Waals surface area contributed by atoms with Crippen molar-refractivity contribution in [3.63, 3.8) is 0 Å². The van der Waals surface area contributed by atoms with Crippen molar-refractivity contribution in [2.45, 2.75) is 51.1 Å². The fourth-order valence-electron chi connectivity index (χ4n) is 5.08. The van der Waals surface area contributed by atoms with Crippen LogP contribution in [-0.2, 0) is 0 Å². The van der Waals surface area contributed by atoms with Gasteiger partial charge in [-0.1, -0.05) is 0 Å². The van der Waals surface area contributed by atoms with Crippen LogP contribution in [0.15, 0.2) is 12.4 Å². The maximum Gasteiger partial charge on any atom is 0.0576 e. The van der Waals surface area contributed by atoms with E-state index in [0.29, 0.717) is 6.04 Å². The van der Waals surface area contributed by atoms with E-state index in [-0.39, 0.29) is 6.04 Å². The molecule has 18 heavy (non-hydrogen) atoms. The minimum absolute atomic E-state index is 0.107. The van der Waals surface area contributed by atoms with Gasteiger partial charge in [-0.2, -0.15) is 5.10 Å². The summed E-state index contributed by atoms with van der Waals surface area (Å²) in [6, 6.07) is 0.779. The molecule has 0 aliphatic heterocycles. The Morgan fingerprint density at radius 2 is 1.78 bits per heavy atom. The summed E-state index contributed by atoms with van der Waals surface area (Å²) in [7, 11) is 0.